The van der Waals surface area contributed by atoms with Gasteiger partial charge in [-0.2, -0.15) is 0 Å². The Hall–Kier alpha value is -2.24. The molecule has 2 aliphatic rings. The maximum absolute atomic E-state index is 14.4. The zero-order valence-electron chi connectivity index (χ0n) is 16.1. The van der Waals surface area contributed by atoms with Gasteiger partial charge in [0.25, 0.3) is 0 Å². The Balaban J connectivity index is 1.40. The molecule has 3 heterocycles. The molecule has 0 radical (unpaired) electrons. The van der Waals surface area contributed by atoms with E-state index in [4.69, 9.17) is 4.98 Å². The highest BCUT2D eigenvalue weighted by molar-refractivity contribution is 5.77. The number of halogens is 1. The number of likely N-dealkylation sites (tertiary alicyclic amines) is 1. The molecular weight excluding hydrogens is 351 g/mol. The maximum Gasteiger partial charge on any atom is 0.151 e. The second kappa shape index (κ2) is 7.64. The lowest BCUT2D eigenvalue weighted by molar-refractivity contribution is 0.179. The Morgan fingerprint density at radius 2 is 1.82 bits per heavy atom. The molecule has 5 rings (SSSR count). The van der Waals surface area contributed by atoms with E-state index >= 15 is 0 Å². The van der Waals surface area contributed by atoms with Gasteiger partial charge >= 0.3 is 0 Å². The normalized spacial score (nSPS) is 21.5. The molecule has 1 N–H and O–H groups in total. The van der Waals surface area contributed by atoms with Crippen LogP contribution >= 0.6 is 0 Å². The highest BCUT2D eigenvalue weighted by atomic mass is 19.1. The third-order valence-corrected chi connectivity index (χ3v) is 6.29. The minimum Gasteiger partial charge on any atom is -0.324 e. The average Bonchev–Trinajstić information content (AvgIpc) is 3.38. The van der Waals surface area contributed by atoms with Crippen LogP contribution in [0.25, 0.3) is 11.0 Å². The molecule has 3 aromatic rings. The first-order valence-electron chi connectivity index (χ1n) is 10.4. The molecule has 0 saturated carbocycles. The van der Waals surface area contributed by atoms with E-state index in [9.17, 15) is 4.39 Å². The van der Waals surface area contributed by atoms with Crippen molar-refractivity contribution in [3.63, 3.8) is 0 Å². The number of piperidine rings is 1. The number of aromatic nitrogens is 2. The monoisotopic (exact) mass is 378 g/mol. The van der Waals surface area contributed by atoms with Crippen molar-refractivity contribution in [2.24, 2.45) is 0 Å². The average molecular weight is 378 g/mol. The lowest BCUT2D eigenvalue weighted by atomic mass is 10.0. The standard InChI is InChI=1S/C23H27FN4/c24-20-7-4-8-21-22(20)26-23(18-9-12-25-15-18)28(21)19-10-13-27(14-11-19)16-17-5-2-1-3-6-17/h1-8,18-19,25H,9-16H2. The molecule has 1 atom stereocenters. The molecule has 4 nitrogen and oxygen atoms in total. The molecule has 2 aliphatic heterocycles. The van der Waals surface area contributed by atoms with E-state index in [2.05, 4.69) is 45.1 Å². The van der Waals surface area contributed by atoms with Gasteiger partial charge in [-0.25, -0.2) is 9.37 Å². The SMILES string of the molecule is Fc1cccc2c1nc(C1CCNC1)n2C1CCN(Cc2ccccc2)CC1. The summed E-state index contributed by atoms with van der Waals surface area (Å²) in [6.45, 7) is 5.10. The van der Waals surface area contributed by atoms with Crippen LogP contribution < -0.4 is 5.32 Å². The van der Waals surface area contributed by atoms with Crippen molar-refractivity contribution in [3.8, 4) is 0 Å². The third-order valence-electron chi connectivity index (χ3n) is 6.29. The van der Waals surface area contributed by atoms with Crippen LogP contribution in [-0.4, -0.2) is 40.6 Å². The quantitative estimate of drug-likeness (QED) is 0.742. The molecule has 146 valence electrons. The van der Waals surface area contributed by atoms with Gasteiger partial charge in [-0.1, -0.05) is 36.4 Å². The number of benzene rings is 2. The summed E-state index contributed by atoms with van der Waals surface area (Å²) in [7, 11) is 0. The van der Waals surface area contributed by atoms with E-state index in [-0.39, 0.29) is 5.82 Å². The predicted molar refractivity (Wildman–Crippen MR) is 110 cm³/mol. The van der Waals surface area contributed by atoms with Crippen LogP contribution in [0, 0.1) is 5.82 Å². The van der Waals surface area contributed by atoms with E-state index in [1.165, 1.54) is 11.6 Å². The van der Waals surface area contributed by atoms with E-state index in [1.54, 1.807) is 0 Å². The highest BCUT2D eigenvalue weighted by Crippen LogP contribution is 2.34. The van der Waals surface area contributed by atoms with Gasteiger partial charge in [0.05, 0.1) is 5.52 Å². The second-order valence-electron chi connectivity index (χ2n) is 8.13. The molecule has 2 aromatic carbocycles. The zero-order valence-corrected chi connectivity index (χ0v) is 16.1. The molecule has 0 amide bonds. The van der Waals surface area contributed by atoms with Crippen molar-refractivity contribution in [3.05, 3.63) is 65.7 Å². The summed E-state index contributed by atoms with van der Waals surface area (Å²) in [4.78, 5) is 7.32. The van der Waals surface area contributed by atoms with Gasteiger partial charge in [-0.3, -0.25) is 4.90 Å². The molecule has 28 heavy (non-hydrogen) atoms. The van der Waals surface area contributed by atoms with Crippen molar-refractivity contribution in [1.82, 2.24) is 19.8 Å². The molecule has 1 aromatic heterocycles. The molecule has 0 spiro atoms. The number of nitrogens with zero attached hydrogens (tertiary/aromatic N) is 3. The van der Waals surface area contributed by atoms with Crippen molar-refractivity contribution in [2.45, 2.75) is 37.8 Å². The van der Waals surface area contributed by atoms with Crippen LogP contribution in [0.5, 0.6) is 0 Å². The van der Waals surface area contributed by atoms with Crippen LogP contribution in [0.4, 0.5) is 4.39 Å². The number of fused-ring (bicyclic) bond motifs is 1. The van der Waals surface area contributed by atoms with E-state index in [0.717, 1.165) is 63.3 Å². The van der Waals surface area contributed by atoms with Crippen LogP contribution in [0.15, 0.2) is 48.5 Å². The fraction of sp³-hybridized carbons (Fsp3) is 0.435. The Bertz CT molecular complexity index is 938. The van der Waals surface area contributed by atoms with Crippen LogP contribution in [0.3, 0.4) is 0 Å². The maximum atomic E-state index is 14.4. The van der Waals surface area contributed by atoms with Gasteiger partial charge in [-0.05, 0) is 43.5 Å². The van der Waals surface area contributed by atoms with Gasteiger partial charge in [0.15, 0.2) is 5.82 Å². The minimum atomic E-state index is -0.204. The molecular formula is C23H27FN4. The summed E-state index contributed by atoms with van der Waals surface area (Å²) in [5, 5.41) is 3.44. The molecule has 2 saturated heterocycles. The Morgan fingerprint density at radius 1 is 1.00 bits per heavy atom. The summed E-state index contributed by atoms with van der Waals surface area (Å²) in [5.41, 5.74) is 2.87. The third kappa shape index (κ3) is 3.33. The number of hydrogen-bond donors (Lipinski definition) is 1. The fourth-order valence-corrected chi connectivity index (χ4v) is 4.82. The van der Waals surface area contributed by atoms with Gasteiger partial charge in [0, 0.05) is 38.1 Å². The van der Waals surface area contributed by atoms with E-state index in [0.29, 0.717) is 17.5 Å². The molecule has 2 fully saturated rings. The number of rotatable bonds is 4. The van der Waals surface area contributed by atoms with Crippen molar-refractivity contribution < 1.29 is 4.39 Å². The Morgan fingerprint density at radius 3 is 2.57 bits per heavy atom. The number of para-hydroxylation sites is 1. The van der Waals surface area contributed by atoms with Crippen LogP contribution in [0.1, 0.15) is 42.6 Å². The molecule has 1 unspecified atom stereocenters. The topological polar surface area (TPSA) is 33.1 Å². The van der Waals surface area contributed by atoms with Crippen molar-refractivity contribution >= 4 is 11.0 Å². The first-order chi connectivity index (χ1) is 13.8. The van der Waals surface area contributed by atoms with E-state index in [1.807, 2.05) is 12.1 Å². The predicted octanol–water partition coefficient (Wildman–Crippen LogP) is 4.09. The lowest BCUT2D eigenvalue weighted by Gasteiger charge is -2.34. The zero-order chi connectivity index (χ0) is 18.9. The smallest absolute Gasteiger partial charge is 0.151 e. The lowest BCUT2D eigenvalue weighted by Crippen LogP contribution is -2.34. The summed E-state index contributed by atoms with van der Waals surface area (Å²) >= 11 is 0. The number of nitrogens with one attached hydrogen (secondary N) is 1. The number of imidazole rings is 1. The molecule has 0 aliphatic carbocycles. The summed E-state index contributed by atoms with van der Waals surface area (Å²) in [5.74, 6) is 1.26. The second-order valence-corrected chi connectivity index (χ2v) is 8.13. The molecule has 0 bridgehead atoms. The Kier molecular flexibility index (Phi) is 4.87. The van der Waals surface area contributed by atoms with Gasteiger partial charge in [0.1, 0.15) is 11.3 Å². The van der Waals surface area contributed by atoms with Crippen molar-refractivity contribution in [2.75, 3.05) is 26.2 Å². The minimum absolute atomic E-state index is 0.204. The Labute approximate surface area is 165 Å². The summed E-state index contributed by atoms with van der Waals surface area (Å²) < 4.78 is 16.8. The first-order valence-corrected chi connectivity index (χ1v) is 10.4. The first kappa shape index (κ1) is 17.8. The van der Waals surface area contributed by atoms with Gasteiger partial charge < -0.3 is 9.88 Å². The highest BCUT2D eigenvalue weighted by Gasteiger charge is 2.29. The van der Waals surface area contributed by atoms with Gasteiger partial charge in [0.2, 0.25) is 0 Å². The van der Waals surface area contributed by atoms with Crippen LogP contribution in [-0.2, 0) is 6.54 Å². The van der Waals surface area contributed by atoms with Crippen LogP contribution in [0.2, 0.25) is 0 Å². The van der Waals surface area contributed by atoms with Crippen molar-refractivity contribution in [1.29, 1.82) is 0 Å². The van der Waals surface area contributed by atoms with Gasteiger partial charge in [-0.15, -0.1) is 0 Å². The molecule has 5 heteroatoms. The fourth-order valence-electron chi connectivity index (χ4n) is 4.82. The summed E-state index contributed by atoms with van der Waals surface area (Å²) in [6, 6.07) is 16.5. The number of hydrogen-bond acceptors (Lipinski definition) is 3. The largest absolute Gasteiger partial charge is 0.324 e. The van der Waals surface area contributed by atoms with E-state index < -0.39 is 0 Å². The summed E-state index contributed by atoms with van der Waals surface area (Å²) in [6.07, 6.45) is 3.25.